The van der Waals surface area contributed by atoms with Crippen LogP contribution < -0.4 is 4.90 Å². The average Bonchev–Trinajstić information content (AvgIpc) is 3.67. The maximum Gasteiger partial charge on any atom is 0.0561 e. The van der Waals surface area contributed by atoms with Gasteiger partial charge in [-0.2, -0.15) is 0 Å². The van der Waals surface area contributed by atoms with Gasteiger partial charge in [0.05, 0.1) is 11.0 Å². The van der Waals surface area contributed by atoms with Gasteiger partial charge in [-0.1, -0.05) is 153 Å². The van der Waals surface area contributed by atoms with Gasteiger partial charge in [0.15, 0.2) is 0 Å². The van der Waals surface area contributed by atoms with Crippen molar-refractivity contribution in [1.82, 2.24) is 4.57 Å². The number of fused-ring (bicyclic) bond motifs is 6. The molecule has 10 rings (SSSR count). The van der Waals surface area contributed by atoms with Gasteiger partial charge < -0.3 is 9.47 Å². The van der Waals surface area contributed by atoms with Gasteiger partial charge in [0.2, 0.25) is 0 Å². The fourth-order valence-corrected chi connectivity index (χ4v) is 8.62. The summed E-state index contributed by atoms with van der Waals surface area (Å²) >= 11 is 0. The van der Waals surface area contributed by atoms with Gasteiger partial charge >= 0.3 is 0 Å². The Hall–Kier alpha value is -6.64. The second-order valence-electron chi connectivity index (χ2n) is 14.6. The SMILES string of the molecule is CC1(C)c2ccc(N(c3ccc(-c4ccccc4)cc3)c3ccc4c5ccccc5n(-c5ccccc5)c4c3)cc2-c2c(-c3ccccc3)cccc21. The number of anilines is 3. The zero-order valence-electron chi connectivity index (χ0n) is 29.9. The molecule has 2 heteroatoms. The zero-order chi connectivity index (χ0) is 35.5. The summed E-state index contributed by atoms with van der Waals surface area (Å²) in [7, 11) is 0. The van der Waals surface area contributed by atoms with E-state index in [1.165, 1.54) is 66.3 Å². The molecule has 0 spiro atoms. The van der Waals surface area contributed by atoms with Gasteiger partial charge in [-0.05, 0) is 99.1 Å². The number of para-hydroxylation sites is 2. The molecule has 2 nitrogen and oxygen atoms in total. The first-order chi connectivity index (χ1) is 26.1. The highest BCUT2D eigenvalue weighted by molar-refractivity contribution is 6.10. The molecule has 1 aliphatic carbocycles. The molecule has 8 aromatic carbocycles. The van der Waals surface area contributed by atoms with Crippen molar-refractivity contribution >= 4 is 38.9 Å². The van der Waals surface area contributed by atoms with Crippen LogP contribution in [0.1, 0.15) is 25.0 Å². The Morgan fingerprint density at radius 3 is 1.74 bits per heavy atom. The summed E-state index contributed by atoms with van der Waals surface area (Å²) in [5.41, 5.74) is 17.1. The quantitative estimate of drug-likeness (QED) is 0.170. The van der Waals surface area contributed by atoms with Crippen LogP contribution in [0.25, 0.3) is 60.9 Å². The van der Waals surface area contributed by atoms with Gasteiger partial charge in [0.1, 0.15) is 0 Å². The lowest BCUT2D eigenvalue weighted by Crippen LogP contribution is -2.15. The van der Waals surface area contributed by atoms with Crippen LogP contribution in [-0.2, 0) is 5.41 Å². The minimum Gasteiger partial charge on any atom is -0.310 e. The van der Waals surface area contributed by atoms with E-state index in [-0.39, 0.29) is 5.41 Å². The molecule has 0 radical (unpaired) electrons. The van der Waals surface area contributed by atoms with Gasteiger partial charge in [0, 0.05) is 38.9 Å². The molecule has 0 atom stereocenters. The summed E-state index contributed by atoms with van der Waals surface area (Å²) in [4.78, 5) is 2.43. The summed E-state index contributed by atoms with van der Waals surface area (Å²) in [6.07, 6.45) is 0. The predicted octanol–water partition coefficient (Wildman–Crippen LogP) is 13.9. The summed E-state index contributed by atoms with van der Waals surface area (Å²) in [6, 6.07) is 70.8. The zero-order valence-corrected chi connectivity index (χ0v) is 29.9. The topological polar surface area (TPSA) is 8.17 Å². The molecule has 53 heavy (non-hydrogen) atoms. The molecule has 0 aliphatic heterocycles. The Labute approximate surface area is 310 Å². The number of benzene rings is 8. The van der Waals surface area contributed by atoms with Crippen molar-refractivity contribution in [3.05, 3.63) is 205 Å². The van der Waals surface area contributed by atoms with E-state index < -0.39 is 0 Å². The molecular formula is C51H38N2. The number of hydrogen-bond acceptors (Lipinski definition) is 1. The Morgan fingerprint density at radius 1 is 0.396 bits per heavy atom. The van der Waals surface area contributed by atoms with E-state index >= 15 is 0 Å². The van der Waals surface area contributed by atoms with Crippen molar-refractivity contribution in [2.45, 2.75) is 19.3 Å². The van der Waals surface area contributed by atoms with Crippen molar-refractivity contribution in [2.75, 3.05) is 4.90 Å². The molecule has 1 heterocycles. The van der Waals surface area contributed by atoms with E-state index in [4.69, 9.17) is 0 Å². The van der Waals surface area contributed by atoms with E-state index in [0.29, 0.717) is 0 Å². The minimum atomic E-state index is -0.119. The monoisotopic (exact) mass is 678 g/mol. The Kier molecular flexibility index (Phi) is 7.19. The van der Waals surface area contributed by atoms with Gasteiger partial charge in [-0.25, -0.2) is 0 Å². The van der Waals surface area contributed by atoms with E-state index in [0.717, 1.165) is 22.7 Å². The lowest BCUT2D eigenvalue weighted by Gasteiger charge is -2.27. The lowest BCUT2D eigenvalue weighted by molar-refractivity contribution is 0.660. The molecule has 0 saturated heterocycles. The number of rotatable bonds is 6. The van der Waals surface area contributed by atoms with Crippen LogP contribution >= 0.6 is 0 Å². The molecule has 252 valence electrons. The summed E-state index contributed by atoms with van der Waals surface area (Å²) in [6.45, 7) is 4.73. The average molecular weight is 679 g/mol. The Morgan fingerprint density at radius 2 is 0.981 bits per heavy atom. The number of hydrogen-bond donors (Lipinski definition) is 0. The molecule has 0 fully saturated rings. The number of nitrogens with zero attached hydrogens (tertiary/aromatic N) is 2. The van der Waals surface area contributed by atoms with E-state index in [9.17, 15) is 0 Å². The highest BCUT2D eigenvalue weighted by Crippen LogP contribution is 2.54. The van der Waals surface area contributed by atoms with Crippen molar-refractivity contribution in [2.24, 2.45) is 0 Å². The van der Waals surface area contributed by atoms with Crippen LogP contribution in [0.3, 0.4) is 0 Å². The van der Waals surface area contributed by atoms with Crippen LogP contribution in [-0.4, -0.2) is 4.57 Å². The van der Waals surface area contributed by atoms with Crippen LogP contribution in [0.4, 0.5) is 17.1 Å². The van der Waals surface area contributed by atoms with Crippen molar-refractivity contribution in [1.29, 1.82) is 0 Å². The molecule has 0 N–H and O–H groups in total. The summed E-state index contributed by atoms with van der Waals surface area (Å²) in [5, 5.41) is 2.49. The number of aromatic nitrogens is 1. The summed E-state index contributed by atoms with van der Waals surface area (Å²) in [5.74, 6) is 0. The molecule has 1 aromatic heterocycles. The maximum absolute atomic E-state index is 2.43. The fraction of sp³-hybridized carbons (Fsp3) is 0.0588. The van der Waals surface area contributed by atoms with Crippen LogP contribution in [0.5, 0.6) is 0 Å². The standard InChI is InChI=1S/C51H38N2/c1-51(2)46-32-30-40(33-45(46)50-42(22-14-23-47(50)51)37-17-8-4-9-18-37)52(39-27-25-36(26-28-39)35-15-6-3-7-16-35)41-29-31-44-43-21-12-13-24-48(43)53(49(44)34-41)38-19-10-5-11-20-38/h3-34H,1-2H3. The molecule has 9 aromatic rings. The second-order valence-corrected chi connectivity index (χ2v) is 14.6. The third-order valence-electron chi connectivity index (χ3n) is 11.2. The van der Waals surface area contributed by atoms with E-state index in [2.05, 4.69) is 217 Å². The van der Waals surface area contributed by atoms with E-state index in [1.54, 1.807) is 0 Å². The molecule has 0 saturated carbocycles. The third kappa shape index (κ3) is 5.02. The van der Waals surface area contributed by atoms with Crippen LogP contribution in [0.15, 0.2) is 194 Å². The smallest absolute Gasteiger partial charge is 0.0561 e. The van der Waals surface area contributed by atoms with Gasteiger partial charge in [-0.3, -0.25) is 0 Å². The first-order valence-corrected chi connectivity index (χ1v) is 18.4. The maximum atomic E-state index is 2.43. The molecule has 1 aliphatic rings. The Balaban J connectivity index is 1.20. The summed E-state index contributed by atoms with van der Waals surface area (Å²) < 4.78 is 2.40. The first kappa shape index (κ1) is 31.1. The highest BCUT2D eigenvalue weighted by Gasteiger charge is 2.37. The van der Waals surface area contributed by atoms with Crippen molar-refractivity contribution < 1.29 is 0 Å². The first-order valence-electron chi connectivity index (χ1n) is 18.4. The Bertz CT molecular complexity index is 2780. The third-order valence-corrected chi connectivity index (χ3v) is 11.2. The van der Waals surface area contributed by atoms with Gasteiger partial charge in [0.25, 0.3) is 0 Å². The van der Waals surface area contributed by atoms with E-state index in [1.807, 2.05) is 0 Å². The molecule has 0 bridgehead atoms. The van der Waals surface area contributed by atoms with Crippen molar-refractivity contribution in [3.8, 4) is 39.1 Å². The van der Waals surface area contributed by atoms with Crippen LogP contribution in [0, 0.1) is 0 Å². The predicted molar refractivity (Wildman–Crippen MR) is 224 cm³/mol. The second kappa shape index (κ2) is 12.3. The fourth-order valence-electron chi connectivity index (χ4n) is 8.62. The molecule has 0 amide bonds. The largest absolute Gasteiger partial charge is 0.310 e. The lowest BCUT2D eigenvalue weighted by atomic mass is 9.82. The highest BCUT2D eigenvalue weighted by atomic mass is 15.1. The van der Waals surface area contributed by atoms with Gasteiger partial charge in [-0.15, -0.1) is 0 Å². The molecule has 0 unspecified atom stereocenters. The normalized spacial score (nSPS) is 12.9. The molecular weight excluding hydrogens is 641 g/mol. The van der Waals surface area contributed by atoms with Crippen molar-refractivity contribution in [3.63, 3.8) is 0 Å². The van der Waals surface area contributed by atoms with Crippen LogP contribution in [0.2, 0.25) is 0 Å². The minimum absolute atomic E-state index is 0.119.